The highest BCUT2D eigenvalue weighted by atomic mass is 32.2. The number of benzene rings is 1. The van der Waals surface area contributed by atoms with E-state index >= 15 is 0 Å². The molecular formula is C14H23NO5S. The maximum Gasteiger partial charge on any atom is 0.244 e. The van der Waals surface area contributed by atoms with Gasteiger partial charge in [0, 0.05) is 13.2 Å². The smallest absolute Gasteiger partial charge is 0.244 e. The topological polar surface area (TPSA) is 84.9 Å². The Labute approximate surface area is 126 Å². The Morgan fingerprint density at radius 3 is 2.67 bits per heavy atom. The van der Waals surface area contributed by atoms with E-state index in [1.54, 1.807) is 6.07 Å². The summed E-state index contributed by atoms with van der Waals surface area (Å²) in [6.45, 7) is 3.06. The molecule has 0 spiro atoms. The lowest BCUT2D eigenvalue weighted by Gasteiger charge is -2.12. The van der Waals surface area contributed by atoms with Crippen LogP contribution in [0.25, 0.3) is 0 Å². The number of nitrogens with one attached hydrogen (secondary N) is 1. The summed E-state index contributed by atoms with van der Waals surface area (Å²) in [7, 11) is -2.27. The minimum absolute atomic E-state index is 0.0516. The molecule has 0 aromatic heterocycles. The van der Waals surface area contributed by atoms with Gasteiger partial charge in [-0.05, 0) is 24.1 Å². The molecule has 2 N–H and O–H groups in total. The van der Waals surface area contributed by atoms with Gasteiger partial charge in [-0.25, -0.2) is 13.1 Å². The fraction of sp³-hybridized carbons (Fsp3) is 0.571. The number of ether oxygens (including phenoxy) is 2. The van der Waals surface area contributed by atoms with Crippen LogP contribution in [0.3, 0.4) is 0 Å². The average Bonchev–Trinajstić information content (AvgIpc) is 2.50. The fourth-order valence-electron chi connectivity index (χ4n) is 1.71. The predicted molar refractivity (Wildman–Crippen MR) is 79.8 cm³/mol. The molecule has 0 aliphatic rings. The third-order valence-electron chi connectivity index (χ3n) is 2.88. The monoisotopic (exact) mass is 317 g/mol. The molecule has 0 atom stereocenters. The van der Waals surface area contributed by atoms with Gasteiger partial charge in [-0.15, -0.1) is 0 Å². The van der Waals surface area contributed by atoms with Gasteiger partial charge in [-0.2, -0.15) is 0 Å². The number of hydrogen-bond donors (Lipinski definition) is 2. The molecule has 0 fully saturated rings. The summed E-state index contributed by atoms with van der Waals surface area (Å²) < 4.78 is 37.2. The van der Waals surface area contributed by atoms with E-state index in [0.717, 1.165) is 12.8 Å². The van der Waals surface area contributed by atoms with Crippen LogP contribution in [0.2, 0.25) is 0 Å². The average molecular weight is 317 g/mol. The molecule has 1 rings (SSSR count). The van der Waals surface area contributed by atoms with E-state index in [1.807, 2.05) is 0 Å². The molecule has 0 saturated heterocycles. The summed E-state index contributed by atoms with van der Waals surface area (Å²) >= 11 is 0. The molecule has 6 nitrogen and oxygen atoms in total. The van der Waals surface area contributed by atoms with Crippen molar-refractivity contribution < 1.29 is 23.0 Å². The number of methoxy groups -OCH3 is 1. The van der Waals surface area contributed by atoms with Gasteiger partial charge in [0.2, 0.25) is 10.0 Å². The van der Waals surface area contributed by atoms with Gasteiger partial charge in [0.05, 0.1) is 20.3 Å². The molecular weight excluding hydrogens is 294 g/mol. The van der Waals surface area contributed by atoms with Crippen LogP contribution < -0.4 is 9.46 Å². The predicted octanol–water partition coefficient (Wildman–Crippen LogP) is 1.28. The van der Waals surface area contributed by atoms with E-state index < -0.39 is 10.0 Å². The lowest BCUT2D eigenvalue weighted by Crippen LogP contribution is -2.28. The van der Waals surface area contributed by atoms with Gasteiger partial charge in [0.25, 0.3) is 0 Å². The Morgan fingerprint density at radius 2 is 2.05 bits per heavy atom. The van der Waals surface area contributed by atoms with Gasteiger partial charge in [0.15, 0.2) is 0 Å². The van der Waals surface area contributed by atoms with Crippen molar-refractivity contribution >= 4 is 10.0 Å². The van der Waals surface area contributed by atoms with Crippen LogP contribution in [0, 0.1) is 0 Å². The third-order valence-corrected chi connectivity index (χ3v) is 4.38. The largest absolute Gasteiger partial charge is 0.495 e. The first-order valence-corrected chi connectivity index (χ1v) is 8.38. The molecule has 0 aliphatic heterocycles. The van der Waals surface area contributed by atoms with Crippen LogP contribution in [-0.2, 0) is 21.4 Å². The Balaban J connectivity index is 2.65. The lowest BCUT2D eigenvalue weighted by molar-refractivity contribution is 0.136. The summed E-state index contributed by atoms with van der Waals surface area (Å²) in [6.07, 6.45) is 2.00. The molecule has 0 unspecified atom stereocenters. The molecule has 1 aromatic rings. The number of sulfonamides is 1. The van der Waals surface area contributed by atoms with Crippen molar-refractivity contribution in [1.82, 2.24) is 4.72 Å². The molecule has 0 aliphatic carbocycles. The van der Waals surface area contributed by atoms with Crippen molar-refractivity contribution in [3.63, 3.8) is 0 Å². The summed E-state index contributed by atoms with van der Waals surface area (Å²) in [5, 5.41) is 9.06. The van der Waals surface area contributed by atoms with E-state index in [1.165, 1.54) is 19.2 Å². The zero-order chi connectivity index (χ0) is 15.7. The number of aliphatic hydroxyl groups excluding tert-OH is 1. The van der Waals surface area contributed by atoms with Gasteiger partial charge in [-0.1, -0.05) is 19.4 Å². The highest BCUT2D eigenvalue weighted by molar-refractivity contribution is 7.89. The number of unbranched alkanes of at least 4 members (excludes halogenated alkanes) is 1. The molecule has 0 bridgehead atoms. The molecule has 0 amide bonds. The molecule has 120 valence electrons. The molecule has 0 heterocycles. The van der Waals surface area contributed by atoms with Crippen molar-refractivity contribution in [3.8, 4) is 5.75 Å². The van der Waals surface area contributed by atoms with Gasteiger partial charge in [0.1, 0.15) is 10.6 Å². The second-order valence-electron chi connectivity index (χ2n) is 4.51. The van der Waals surface area contributed by atoms with Crippen molar-refractivity contribution in [2.75, 3.05) is 26.9 Å². The Bertz CT molecular complexity index is 530. The van der Waals surface area contributed by atoms with Gasteiger partial charge >= 0.3 is 0 Å². The zero-order valence-electron chi connectivity index (χ0n) is 12.5. The normalized spacial score (nSPS) is 11.6. The van der Waals surface area contributed by atoms with E-state index in [2.05, 4.69) is 11.6 Å². The maximum absolute atomic E-state index is 12.2. The van der Waals surface area contributed by atoms with Gasteiger partial charge in [-0.3, -0.25) is 0 Å². The molecule has 0 saturated carbocycles. The summed E-state index contributed by atoms with van der Waals surface area (Å²) in [4.78, 5) is 0.0516. The zero-order valence-corrected chi connectivity index (χ0v) is 13.3. The lowest BCUT2D eigenvalue weighted by atomic mass is 10.2. The minimum atomic E-state index is -3.66. The van der Waals surface area contributed by atoms with Crippen LogP contribution in [0.4, 0.5) is 0 Å². The highest BCUT2D eigenvalue weighted by Crippen LogP contribution is 2.24. The van der Waals surface area contributed by atoms with Gasteiger partial charge < -0.3 is 14.6 Å². The first-order chi connectivity index (χ1) is 10.0. The van der Waals surface area contributed by atoms with E-state index in [9.17, 15) is 8.42 Å². The summed E-state index contributed by atoms with van der Waals surface area (Å²) in [5.41, 5.74) is 0.591. The molecule has 7 heteroatoms. The molecule has 21 heavy (non-hydrogen) atoms. The number of aliphatic hydroxyl groups is 1. The van der Waals surface area contributed by atoms with Crippen molar-refractivity contribution in [3.05, 3.63) is 23.8 Å². The molecule has 0 radical (unpaired) electrons. The summed E-state index contributed by atoms with van der Waals surface area (Å²) in [5.74, 6) is 0.209. The van der Waals surface area contributed by atoms with Crippen LogP contribution >= 0.6 is 0 Å². The van der Waals surface area contributed by atoms with E-state index in [4.69, 9.17) is 14.6 Å². The first kappa shape index (κ1) is 17.9. The third kappa shape index (κ3) is 5.62. The second-order valence-corrected chi connectivity index (χ2v) is 6.24. The number of hydrogen-bond acceptors (Lipinski definition) is 5. The van der Waals surface area contributed by atoms with Crippen molar-refractivity contribution in [2.24, 2.45) is 0 Å². The van der Waals surface area contributed by atoms with Crippen LogP contribution in [0.15, 0.2) is 23.1 Å². The number of rotatable bonds is 10. The maximum atomic E-state index is 12.2. The standard InChI is InChI=1S/C14H23NO5S/c1-3-4-8-20-9-7-15-21(17,18)14-6-5-12(11-16)10-13(14)19-2/h5-6,10,15-16H,3-4,7-9,11H2,1-2H3. The highest BCUT2D eigenvalue weighted by Gasteiger charge is 2.19. The second kappa shape index (κ2) is 8.99. The first-order valence-electron chi connectivity index (χ1n) is 6.90. The van der Waals surface area contributed by atoms with Crippen LogP contribution in [0.5, 0.6) is 5.75 Å². The van der Waals surface area contributed by atoms with Crippen LogP contribution in [-0.4, -0.2) is 40.4 Å². The molecule has 1 aromatic carbocycles. The van der Waals surface area contributed by atoms with E-state index in [0.29, 0.717) is 18.8 Å². The Hall–Kier alpha value is -1.15. The minimum Gasteiger partial charge on any atom is -0.495 e. The van der Waals surface area contributed by atoms with E-state index in [-0.39, 0.29) is 23.8 Å². The van der Waals surface area contributed by atoms with Crippen molar-refractivity contribution in [1.29, 1.82) is 0 Å². The van der Waals surface area contributed by atoms with Crippen LogP contribution in [0.1, 0.15) is 25.3 Å². The Kier molecular flexibility index (Phi) is 7.66. The SMILES string of the molecule is CCCCOCCNS(=O)(=O)c1ccc(CO)cc1OC. The van der Waals surface area contributed by atoms with Crippen molar-refractivity contribution in [2.45, 2.75) is 31.3 Å². The Morgan fingerprint density at radius 1 is 1.29 bits per heavy atom. The fourth-order valence-corrected chi connectivity index (χ4v) is 2.87. The summed E-state index contributed by atoms with van der Waals surface area (Å²) in [6, 6.07) is 4.48. The quantitative estimate of drug-likeness (QED) is 0.635.